The van der Waals surface area contributed by atoms with Gasteiger partial charge in [0.05, 0.1) is 5.02 Å². The number of rotatable bonds is 3. The van der Waals surface area contributed by atoms with Crippen molar-refractivity contribution in [1.29, 1.82) is 0 Å². The van der Waals surface area contributed by atoms with Crippen LogP contribution in [0.25, 0.3) is 0 Å². The Morgan fingerprint density at radius 1 is 1.19 bits per heavy atom. The van der Waals surface area contributed by atoms with Gasteiger partial charge >= 0.3 is 0 Å². The maximum Gasteiger partial charge on any atom is 0.229 e. The van der Waals surface area contributed by atoms with Crippen LogP contribution in [0.5, 0.6) is 0 Å². The smallest absolute Gasteiger partial charge is 0.229 e. The largest absolute Gasteiger partial charge is 0.356 e. The number of nitrogens with zero attached hydrogens (tertiary/aromatic N) is 3. The van der Waals surface area contributed by atoms with Crippen molar-refractivity contribution in [3.8, 4) is 0 Å². The predicted molar refractivity (Wildman–Crippen MR) is 82.9 cm³/mol. The van der Waals surface area contributed by atoms with Crippen LogP contribution in [0.15, 0.2) is 24.3 Å². The second-order valence-electron chi connectivity index (χ2n) is 5.14. The topological polar surface area (TPSA) is 41.1 Å². The van der Waals surface area contributed by atoms with Crippen LogP contribution in [0.1, 0.15) is 18.5 Å². The summed E-state index contributed by atoms with van der Waals surface area (Å²) in [5, 5.41) is 3.15. The van der Waals surface area contributed by atoms with Gasteiger partial charge in [-0.05, 0) is 38.0 Å². The molecule has 1 saturated heterocycles. The molecule has 4 nitrogen and oxygen atoms in total. The number of hydrogen-bond acceptors (Lipinski definition) is 4. The van der Waals surface area contributed by atoms with E-state index in [0.29, 0.717) is 11.6 Å². The molecule has 1 aliphatic rings. The lowest BCUT2D eigenvalue weighted by molar-refractivity contribution is 0.628. The van der Waals surface area contributed by atoms with Crippen molar-refractivity contribution in [2.24, 2.45) is 0 Å². The molecule has 0 unspecified atom stereocenters. The zero-order valence-electron chi connectivity index (χ0n) is 11.7. The van der Waals surface area contributed by atoms with Crippen molar-refractivity contribution in [3.63, 3.8) is 0 Å². The highest BCUT2D eigenvalue weighted by Crippen LogP contribution is 2.24. The first kappa shape index (κ1) is 14.1. The number of aromatic nitrogens is 2. The fourth-order valence-corrected chi connectivity index (χ4v) is 2.60. The van der Waals surface area contributed by atoms with E-state index in [1.807, 2.05) is 13.0 Å². The summed E-state index contributed by atoms with van der Waals surface area (Å²) < 4.78 is 13.2. The van der Waals surface area contributed by atoms with Gasteiger partial charge in [0.15, 0.2) is 0 Å². The number of nitrogens with one attached hydrogen (secondary N) is 1. The molecule has 0 bridgehead atoms. The quantitative estimate of drug-likeness (QED) is 0.933. The summed E-state index contributed by atoms with van der Waals surface area (Å²) in [6.07, 6.45) is 2.39. The van der Waals surface area contributed by atoms with Gasteiger partial charge < -0.3 is 10.2 Å². The van der Waals surface area contributed by atoms with Gasteiger partial charge in [-0.1, -0.05) is 11.6 Å². The Bertz CT molecular complexity index is 656. The monoisotopic (exact) mass is 306 g/mol. The van der Waals surface area contributed by atoms with Gasteiger partial charge in [-0.2, -0.15) is 4.98 Å². The molecule has 6 heteroatoms. The van der Waals surface area contributed by atoms with Gasteiger partial charge in [-0.15, -0.1) is 0 Å². The summed E-state index contributed by atoms with van der Waals surface area (Å²) in [5.74, 6) is 0.986. The van der Waals surface area contributed by atoms with Gasteiger partial charge in [-0.3, -0.25) is 0 Å². The van der Waals surface area contributed by atoms with Crippen LogP contribution >= 0.6 is 11.6 Å². The van der Waals surface area contributed by atoms with E-state index in [1.54, 1.807) is 6.07 Å². The van der Waals surface area contributed by atoms with Crippen molar-refractivity contribution < 1.29 is 4.39 Å². The molecular formula is C15H16ClFN4. The molecule has 1 aromatic heterocycles. The average molecular weight is 307 g/mol. The lowest BCUT2D eigenvalue weighted by Gasteiger charge is -2.17. The van der Waals surface area contributed by atoms with Crippen LogP contribution in [0.4, 0.5) is 21.8 Å². The van der Waals surface area contributed by atoms with Crippen molar-refractivity contribution in [2.75, 3.05) is 23.3 Å². The third-order valence-electron chi connectivity index (χ3n) is 3.45. The van der Waals surface area contributed by atoms with E-state index < -0.39 is 5.82 Å². The minimum Gasteiger partial charge on any atom is -0.356 e. The predicted octanol–water partition coefficient (Wildman–Crippen LogP) is 3.92. The van der Waals surface area contributed by atoms with Crippen molar-refractivity contribution in [1.82, 2.24) is 9.97 Å². The molecule has 0 atom stereocenters. The Hall–Kier alpha value is -1.88. The SMILES string of the molecule is Cc1cc(N2CCCC2)nc(Nc2ccc(F)c(Cl)c2)n1. The standard InChI is InChI=1S/C15H16ClFN4/c1-10-8-14(21-6-2-3-7-21)20-15(18-10)19-11-4-5-13(17)12(16)9-11/h4-5,8-9H,2-3,6-7H2,1H3,(H,18,19,20). The molecule has 0 spiro atoms. The second kappa shape index (κ2) is 5.85. The molecule has 110 valence electrons. The van der Waals surface area contributed by atoms with Gasteiger partial charge in [0.1, 0.15) is 11.6 Å². The number of halogens is 2. The molecule has 1 fully saturated rings. The molecule has 1 N–H and O–H groups in total. The minimum atomic E-state index is -0.440. The van der Waals surface area contributed by atoms with E-state index in [0.717, 1.165) is 24.6 Å². The lowest BCUT2D eigenvalue weighted by Crippen LogP contribution is -2.19. The Labute approximate surface area is 128 Å². The fourth-order valence-electron chi connectivity index (χ4n) is 2.42. The van der Waals surface area contributed by atoms with E-state index in [9.17, 15) is 4.39 Å². The normalized spacial score (nSPS) is 14.5. The maximum atomic E-state index is 13.2. The molecule has 2 aromatic rings. The Kier molecular flexibility index (Phi) is 3.92. The van der Waals surface area contributed by atoms with Crippen molar-refractivity contribution >= 4 is 29.1 Å². The number of aryl methyl sites for hydroxylation is 1. The molecule has 1 aromatic carbocycles. The van der Waals surface area contributed by atoms with Gasteiger partial charge in [0.2, 0.25) is 5.95 Å². The molecule has 1 aliphatic heterocycles. The fraction of sp³-hybridized carbons (Fsp3) is 0.333. The summed E-state index contributed by atoms with van der Waals surface area (Å²) >= 11 is 5.78. The highest BCUT2D eigenvalue weighted by Gasteiger charge is 2.15. The zero-order valence-corrected chi connectivity index (χ0v) is 12.5. The Morgan fingerprint density at radius 2 is 1.95 bits per heavy atom. The third-order valence-corrected chi connectivity index (χ3v) is 3.74. The summed E-state index contributed by atoms with van der Waals surface area (Å²) in [6, 6.07) is 6.44. The highest BCUT2D eigenvalue weighted by molar-refractivity contribution is 6.31. The van der Waals surface area contributed by atoms with E-state index >= 15 is 0 Å². The average Bonchev–Trinajstić information content (AvgIpc) is 2.96. The summed E-state index contributed by atoms with van der Waals surface area (Å²) in [4.78, 5) is 11.1. The second-order valence-corrected chi connectivity index (χ2v) is 5.55. The molecule has 0 radical (unpaired) electrons. The van der Waals surface area contributed by atoms with Crippen LogP contribution in [0, 0.1) is 12.7 Å². The number of benzene rings is 1. The summed E-state index contributed by atoms with van der Waals surface area (Å²) in [5.41, 5.74) is 1.56. The van der Waals surface area contributed by atoms with Crippen LogP contribution in [-0.4, -0.2) is 23.1 Å². The third kappa shape index (κ3) is 3.24. The van der Waals surface area contributed by atoms with E-state index in [2.05, 4.69) is 20.2 Å². The molecule has 3 rings (SSSR count). The molecule has 2 heterocycles. The summed E-state index contributed by atoms with van der Waals surface area (Å²) in [7, 11) is 0. The highest BCUT2D eigenvalue weighted by atomic mass is 35.5. The molecule has 0 amide bonds. The van der Waals surface area contributed by atoms with Gasteiger partial charge in [0.25, 0.3) is 0 Å². The first-order valence-corrected chi connectivity index (χ1v) is 7.32. The molecular weight excluding hydrogens is 291 g/mol. The summed E-state index contributed by atoms with van der Waals surface area (Å²) in [6.45, 7) is 3.99. The van der Waals surface area contributed by atoms with Crippen LogP contribution in [-0.2, 0) is 0 Å². The van der Waals surface area contributed by atoms with E-state index in [1.165, 1.54) is 25.0 Å². The van der Waals surface area contributed by atoms with Crippen LogP contribution in [0.2, 0.25) is 5.02 Å². The minimum absolute atomic E-state index is 0.0763. The number of anilines is 3. The maximum absolute atomic E-state index is 13.2. The first-order valence-electron chi connectivity index (χ1n) is 6.94. The molecule has 21 heavy (non-hydrogen) atoms. The van der Waals surface area contributed by atoms with E-state index in [-0.39, 0.29) is 5.02 Å². The van der Waals surface area contributed by atoms with Crippen LogP contribution in [0.3, 0.4) is 0 Å². The van der Waals surface area contributed by atoms with Gasteiger partial charge in [0, 0.05) is 30.5 Å². The Morgan fingerprint density at radius 3 is 2.67 bits per heavy atom. The first-order chi connectivity index (χ1) is 10.1. The Balaban J connectivity index is 1.85. The van der Waals surface area contributed by atoms with Crippen LogP contribution < -0.4 is 10.2 Å². The molecule has 0 aliphatic carbocycles. The lowest BCUT2D eigenvalue weighted by atomic mass is 10.3. The number of hydrogen-bond donors (Lipinski definition) is 1. The zero-order chi connectivity index (χ0) is 14.8. The van der Waals surface area contributed by atoms with Crippen molar-refractivity contribution in [3.05, 3.63) is 40.8 Å². The molecule has 0 saturated carbocycles. The van der Waals surface area contributed by atoms with Crippen molar-refractivity contribution in [2.45, 2.75) is 19.8 Å². The van der Waals surface area contributed by atoms with E-state index in [4.69, 9.17) is 11.6 Å². The van der Waals surface area contributed by atoms with Gasteiger partial charge in [-0.25, -0.2) is 9.37 Å².